The predicted octanol–water partition coefficient (Wildman–Crippen LogP) is 4.09. The van der Waals surface area contributed by atoms with Crippen LogP contribution in [0.25, 0.3) is 15.2 Å². The summed E-state index contributed by atoms with van der Waals surface area (Å²) in [5, 5.41) is 7.09. The van der Waals surface area contributed by atoms with Gasteiger partial charge >= 0.3 is 0 Å². The molecule has 150 valence electrons. The molecule has 5 heterocycles. The maximum absolute atomic E-state index is 4.88. The molecule has 4 aromatic heterocycles. The van der Waals surface area contributed by atoms with E-state index in [1.54, 1.807) is 29.0 Å². The lowest BCUT2D eigenvalue weighted by Crippen LogP contribution is -2.46. The molecule has 7 nitrogen and oxygen atoms in total. The average Bonchev–Trinajstić information content (AvgIpc) is 3.49. The van der Waals surface area contributed by atoms with Gasteiger partial charge in [-0.05, 0) is 25.8 Å². The Labute approximate surface area is 177 Å². The standard InChI is InChI=1S/C20H23N7S2/c1-13-10-15-17(21-12-22-18(15)28-13)25-6-8-26(9-7-25)20-24-27-11-16(23-19(27)29-20)14-4-2-3-5-14/h10-12,14H,2-9H2,1H3. The first-order valence-corrected chi connectivity index (χ1v) is 11.9. The maximum atomic E-state index is 4.88. The van der Waals surface area contributed by atoms with Gasteiger partial charge in [0.2, 0.25) is 10.1 Å². The first kappa shape index (κ1) is 17.6. The van der Waals surface area contributed by atoms with E-state index in [2.05, 4.69) is 39.0 Å². The van der Waals surface area contributed by atoms with Gasteiger partial charge in [0, 0.05) is 37.0 Å². The molecule has 1 aliphatic carbocycles. The van der Waals surface area contributed by atoms with Crippen molar-refractivity contribution >= 4 is 48.8 Å². The summed E-state index contributed by atoms with van der Waals surface area (Å²) in [6.45, 7) is 5.90. The van der Waals surface area contributed by atoms with Crippen LogP contribution >= 0.6 is 22.7 Å². The molecule has 2 fully saturated rings. The zero-order valence-corrected chi connectivity index (χ0v) is 18.0. The van der Waals surface area contributed by atoms with E-state index in [1.165, 1.54) is 41.6 Å². The molecule has 0 atom stereocenters. The third kappa shape index (κ3) is 3.07. The number of hydrogen-bond acceptors (Lipinski definition) is 8. The van der Waals surface area contributed by atoms with Gasteiger partial charge in [0.25, 0.3) is 0 Å². The Morgan fingerprint density at radius 2 is 1.79 bits per heavy atom. The average molecular weight is 426 g/mol. The molecule has 0 spiro atoms. The molecule has 4 aromatic rings. The molecule has 6 rings (SSSR count). The number of piperazine rings is 1. The molecule has 1 saturated carbocycles. The monoisotopic (exact) mass is 425 g/mol. The third-order valence-corrected chi connectivity index (χ3v) is 8.05. The normalized spacial score (nSPS) is 18.5. The zero-order chi connectivity index (χ0) is 19.4. The summed E-state index contributed by atoms with van der Waals surface area (Å²) < 4.78 is 1.99. The molecule has 2 aliphatic rings. The van der Waals surface area contributed by atoms with Gasteiger partial charge in [0.15, 0.2) is 0 Å². The van der Waals surface area contributed by atoms with E-state index in [-0.39, 0.29) is 0 Å². The summed E-state index contributed by atoms with van der Waals surface area (Å²) >= 11 is 3.45. The second-order valence-electron chi connectivity index (χ2n) is 8.01. The van der Waals surface area contributed by atoms with Gasteiger partial charge in [-0.25, -0.2) is 19.5 Å². The summed E-state index contributed by atoms with van der Waals surface area (Å²) in [5.74, 6) is 1.70. The fraction of sp³-hybridized carbons (Fsp3) is 0.500. The Morgan fingerprint density at radius 1 is 1.00 bits per heavy atom. The van der Waals surface area contributed by atoms with Gasteiger partial charge in [-0.2, -0.15) is 0 Å². The second kappa shape index (κ2) is 6.91. The minimum absolute atomic E-state index is 0.640. The van der Waals surface area contributed by atoms with Gasteiger partial charge < -0.3 is 9.80 Å². The van der Waals surface area contributed by atoms with E-state index in [0.717, 1.165) is 46.9 Å². The third-order valence-electron chi connectivity index (χ3n) is 6.11. The van der Waals surface area contributed by atoms with E-state index in [1.807, 2.05) is 4.52 Å². The minimum Gasteiger partial charge on any atom is -0.352 e. The van der Waals surface area contributed by atoms with Crippen molar-refractivity contribution in [1.82, 2.24) is 24.6 Å². The van der Waals surface area contributed by atoms with E-state index in [0.29, 0.717) is 5.92 Å². The fourth-order valence-electron chi connectivity index (χ4n) is 4.58. The van der Waals surface area contributed by atoms with E-state index in [9.17, 15) is 0 Å². The van der Waals surface area contributed by atoms with Crippen molar-refractivity contribution in [2.45, 2.75) is 38.5 Å². The van der Waals surface area contributed by atoms with Crippen LogP contribution in [0.5, 0.6) is 0 Å². The van der Waals surface area contributed by atoms with Crippen LogP contribution in [0.15, 0.2) is 18.6 Å². The van der Waals surface area contributed by atoms with Gasteiger partial charge in [0.1, 0.15) is 17.0 Å². The minimum atomic E-state index is 0.640. The quantitative estimate of drug-likeness (QED) is 0.493. The topological polar surface area (TPSA) is 62.5 Å². The van der Waals surface area contributed by atoms with E-state index >= 15 is 0 Å². The fourth-order valence-corrected chi connectivity index (χ4v) is 6.36. The Balaban J connectivity index is 1.19. The predicted molar refractivity (Wildman–Crippen MR) is 119 cm³/mol. The number of hydrogen-bond donors (Lipinski definition) is 0. The molecule has 0 amide bonds. The Morgan fingerprint density at radius 3 is 2.59 bits per heavy atom. The highest BCUT2D eigenvalue weighted by Gasteiger charge is 2.25. The van der Waals surface area contributed by atoms with Gasteiger partial charge in [0.05, 0.1) is 17.3 Å². The van der Waals surface area contributed by atoms with Gasteiger partial charge in [-0.15, -0.1) is 16.4 Å². The van der Waals surface area contributed by atoms with Crippen molar-refractivity contribution < 1.29 is 0 Å². The Kier molecular flexibility index (Phi) is 4.19. The number of rotatable bonds is 3. The summed E-state index contributed by atoms with van der Waals surface area (Å²) in [6.07, 6.45) is 9.07. The molecule has 1 saturated heterocycles. The number of nitrogens with zero attached hydrogens (tertiary/aromatic N) is 7. The lowest BCUT2D eigenvalue weighted by atomic mass is 10.1. The molecule has 0 aromatic carbocycles. The first-order chi connectivity index (χ1) is 14.2. The van der Waals surface area contributed by atoms with Crippen molar-refractivity contribution in [1.29, 1.82) is 0 Å². The van der Waals surface area contributed by atoms with Crippen LogP contribution < -0.4 is 9.80 Å². The highest BCUT2D eigenvalue weighted by molar-refractivity contribution is 7.20. The molecule has 0 radical (unpaired) electrons. The van der Waals surface area contributed by atoms with Crippen molar-refractivity contribution in [3.8, 4) is 0 Å². The van der Waals surface area contributed by atoms with Crippen molar-refractivity contribution in [2.24, 2.45) is 0 Å². The first-order valence-electron chi connectivity index (χ1n) is 10.3. The lowest BCUT2D eigenvalue weighted by molar-refractivity contribution is 0.643. The summed E-state index contributed by atoms with van der Waals surface area (Å²) in [7, 11) is 0. The van der Waals surface area contributed by atoms with Crippen LogP contribution in [-0.2, 0) is 0 Å². The number of thiophene rings is 1. The Hall–Kier alpha value is -2.26. The molecular weight excluding hydrogens is 402 g/mol. The number of aromatic nitrogens is 5. The van der Waals surface area contributed by atoms with Crippen molar-refractivity contribution in [3.63, 3.8) is 0 Å². The smallest absolute Gasteiger partial charge is 0.214 e. The van der Waals surface area contributed by atoms with E-state index in [4.69, 9.17) is 10.1 Å². The van der Waals surface area contributed by atoms with Crippen molar-refractivity contribution in [3.05, 3.63) is 29.2 Å². The molecule has 0 N–H and O–H groups in total. The zero-order valence-electron chi connectivity index (χ0n) is 16.4. The molecule has 29 heavy (non-hydrogen) atoms. The lowest BCUT2D eigenvalue weighted by Gasteiger charge is -2.35. The molecular formula is C20H23N7S2. The molecule has 0 bridgehead atoms. The summed E-state index contributed by atoms with van der Waals surface area (Å²) in [5.41, 5.74) is 1.23. The van der Waals surface area contributed by atoms with Crippen LogP contribution in [0.1, 0.15) is 42.2 Å². The number of imidazole rings is 1. The highest BCUT2D eigenvalue weighted by atomic mass is 32.1. The van der Waals surface area contributed by atoms with Gasteiger partial charge in [-0.1, -0.05) is 24.2 Å². The molecule has 1 aliphatic heterocycles. The van der Waals surface area contributed by atoms with Crippen LogP contribution in [0.4, 0.5) is 10.9 Å². The Bertz CT molecular complexity index is 1130. The number of aryl methyl sites for hydroxylation is 1. The van der Waals surface area contributed by atoms with Crippen LogP contribution in [0.2, 0.25) is 0 Å². The van der Waals surface area contributed by atoms with Crippen LogP contribution in [0, 0.1) is 6.92 Å². The SMILES string of the molecule is Cc1cc2c(N3CCN(c4nn5cc(C6CCCC6)nc5s4)CC3)ncnc2s1. The maximum Gasteiger partial charge on any atom is 0.214 e. The van der Waals surface area contributed by atoms with Crippen LogP contribution in [0.3, 0.4) is 0 Å². The molecule has 0 unspecified atom stereocenters. The largest absolute Gasteiger partial charge is 0.352 e. The summed E-state index contributed by atoms with van der Waals surface area (Å²) in [6, 6.07) is 2.21. The second-order valence-corrected chi connectivity index (χ2v) is 10.2. The van der Waals surface area contributed by atoms with Crippen molar-refractivity contribution in [2.75, 3.05) is 36.0 Å². The number of fused-ring (bicyclic) bond motifs is 2. The highest BCUT2D eigenvalue weighted by Crippen LogP contribution is 2.35. The summed E-state index contributed by atoms with van der Waals surface area (Å²) in [4.78, 5) is 22.0. The number of anilines is 2. The van der Waals surface area contributed by atoms with E-state index < -0.39 is 0 Å². The molecule has 9 heteroatoms. The van der Waals surface area contributed by atoms with Crippen LogP contribution in [-0.4, -0.2) is 50.7 Å². The van der Waals surface area contributed by atoms with Gasteiger partial charge in [-0.3, -0.25) is 0 Å².